The first kappa shape index (κ1) is 42.8. The molecule has 5 N–H and O–H groups in total. The molecule has 9 rings (SSSR count). The van der Waals surface area contributed by atoms with Crippen LogP contribution in [0.3, 0.4) is 0 Å². The highest BCUT2D eigenvalue weighted by Gasteiger charge is 2.39. The molecule has 3 saturated heterocycles. The van der Waals surface area contributed by atoms with Crippen molar-refractivity contribution in [3.05, 3.63) is 155 Å². The number of nitrogens with one attached hydrogen (secondary N) is 5. The van der Waals surface area contributed by atoms with Crippen molar-refractivity contribution in [2.75, 3.05) is 26.7 Å². The number of benzene rings is 4. The maximum atomic E-state index is 14.2. The molecule has 330 valence electrons. The smallest absolute Gasteiger partial charge is 0.407 e. The summed E-state index contributed by atoms with van der Waals surface area (Å²) in [6.07, 6.45) is 7.77. The Morgan fingerprint density at radius 3 is 1.55 bits per heavy atom. The van der Waals surface area contributed by atoms with E-state index in [9.17, 15) is 19.2 Å². The van der Waals surface area contributed by atoms with Gasteiger partial charge in [0, 0.05) is 24.2 Å². The molecule has 3 aliphatic rings. The van der Waals surface area contributed by atoms with Gasteiger partial charge < -0.3 is 40.5 Å². The van der Waals surface area contributed by atoms with E-state index in [2.05, 4.69) is 42.7 Å². The summed E-state index contributed by atoms with van der Waals surface area (Å²) in [5.41, 5.74) is 6.70. The zero-order valence-corrected chi connectivity index (χ0v) is 36.1. The Bertz CT molecular complexity index is 2680. The second kappa shape index (κ2) is 19.5. The monoisotopic (exact) mass is 869 g/mol. The third kappa shape index (κ3) is 9.56. The summed E-state index contributed by atoms with van der Waals surface area (Å²) in [4.78, 5) is 73.5. The number of H-pyrrole nitrogens is 2. The minimum Gasteiger partial charge on any atom is -0.453 e. The first-order valence-electron chi connectivity index (χ1n) is 22.2. The molecule has 3 aliphatic heterocycles. The van der Waals surface area contributed by atoms with Crippen molar-refractivity contribution in [3.8, 4) is 34.4 Å². The van der Waals surface area contributed by atoms with Crippen LogP contribution in [0.4, 0.5) is 4.79 Å². The number of rotatable bonds is 11. The average molecular weight is 870 g/mol. The third-order valence-electron chi connectivity index (χ3n) is 12.5. The fourth-order valence-electron chi connectivity index (χ4n) is 9.07. The lowest BCUT2D eigenvalue weighted by atomic mass is 10.0. The highest BCUT2D eigenvalue weighted by Crippen LogP contribution is 2.36. The van der Waals surface area contributed by atoms with Gasteiger partial charge in [-0.25, -0.2) is 14.8 Å². The van der Waals surface area contributed by atoms with Gasteiger partial charge in [-0.2, -0.15) is 0 Å². The lowest BCUT2D eigenvalue weighted by molar-refractivity contribution is -0.138. The van der Waals surface area contributed by atoms with Crippen molar-refractivity contribution in [2.24, 2.45) is 0 Å². The molecule has 14 heteroatoms. The largest absolute Gasteiger partial charge is 0.453 e. The molecule has 5 heterocycles. The number of aromatic amines is 2. The second-order valence-electron chi connectivity index (χ2n) is 16.6. The van der Waals surface area contributed by atoms with E-state index in [1.54, 1.807) is 17.3 Å². The summed E-state index contributed by atoms with van der Waals surface area (Å²) < 4.78 is 4.83. The molecular formula is C51H51N9O5. The molecule has 0 unspecified atom stereocenters. The van der Waals surface area contributed by atoms with E-state index in [1.165, 1.54) is 7.11 Å². The number of likely N-dealkylation sites (tertiary alicyclic amines) is 2. The summed E-state index contributed by atoms with van der Waals surface area (Å²) in [6.45, 7) is 1.93. The summed E-state index contributed by atoms with van der Waals surface area (Å²) in [5, 5.41) is 9.01. The Morgan fingerprint density at radius 1 is 0.631 bits per heavy atom. The standard InChI is InChI=1S/C51H51N9O5/c1-65-51(64)58-45(38-13-6-3-7-14-38)50(63)60-30-10-17-43(60)47-54-32-41(56-47)36-26-22-34(23-27-36)19-18-33-20-24-35(25-21-33)40-31-53-46(55-40)42-16-9-29-59(42)49(62)44(37-11-4-2-5-12-37)57-48(61)39-15-8-28-52-39/h2-7,11-14,20-27,31-32,39,42-45,52H,8-10,15-17,28-30H2,1H3,(H,53,55)(H,54,56)(H,57,61)(H,58,64)/t39-,42+,43+,44-,45-/m1/s1. The average Bonchev–Trinajstić information content (AvgIpc) is 4.22. The van der Waals surface area contributed by atoms with Crippen LogP contribution in [0.1, 0.15) is 96.6 Å². The van der Waals surface area contributed by atoms with Gasteiger partial charge in [-0.3, -0.25) is 14.4 Å². The fourth-order valence-corrected chi connectivity index (χ4v) is 9.07. The first-order valence-corrected chi connectivity index (χ1v) is 22.2. The number of imidazole rings is 2. The van der Waals surface area contributed by atoms with Crippen molar-refractivity contribution in [1.29, 1.82) is 0 Å². The van der Waals surface area contributed by atoms with Gasteiger partial charge in [0.2, 0.25) is 11.8 Å². The van der Waals surface area contributed by atoms with E-state index in [0.29, 0.717) is 24.5 Å². The Labute approximate surface area is 377 Å². The van der Waals surface area contributed by atoms with E-state index in [0.717, 1.165) is 90.1 Å². The highest BCUT2D eigenvalue weighted by molar-refractivity contribution is 5.91. The topological polar surface area (TPSA) is 177 Å². The van der Waals surface area contributed by atoms with Gasteiger partial charge in [0.25, 0.3) is 5.91 Å². The molecule has 0 saturated carbocycles. The van der Waals surface area contributed by atoms with Crippen LogP contribution in [0.15, 0.2) is 122 Å². The molecule has 4 aromatic carbocycles. The minimum atomic E-state index is -0.884. The van der Waals surface area contributed by atoms with Crippen molar-refractivity contribution in [2.45, 2.75) is 68.7 Å². The maximum absolute atomic E-state index is 14.2. The summed E-state index contributed by atoms with van der Waals surface area (Å²) in [5.74, 6) is 7.44. The third-order valence-corrected chi connectivity index (χ3v) is 12.5. The molecule has 4 amide bonds. The summed E-state index contributed by atoms with van der Waals surface area (Å²) in [7, 11) is 1.28. The minimum absolute atomic E-state index is 0.136. The zero-order valence-electron chi connectivity index (χ0n) is 36.1. The quantitative estimate of drug-likeness (QED) is 0.0874. The fraction of sp³-hybridized carbons (Fsp3) is 0.294. The van der Waals surface area contributed by atoms with Gasteiger partial charge in [-0.15, -0.1) is 0 Å². The van der Waals surface area contributed by atoms with Gasteiger partial charge in [-0.1, -0.05) is 96.8 Å². The molecular weight excluding hydrogens is 819 g/mol. The number of ether oxygens (including phenoxy) is 1. The van der Waals surface area contributed by atoms with Crippen molar-refractivity contribution in [3.63, 3.8) is 0 Å². The molecule has 6 aromatic rings. The Morgan fingerprint density at radius 2 is 1.11 bits per heavy atom. The van der Waals surface area contributed by atoms with Gasteiger partial charge in [-0.05, 0) is 91.6 Å². The number of hydrogen-bond donors (Lipinski definition) is 5. The molecule has 5 atom stereocenters. The van der Waals surface area contributed by atoms with Crippen LogP contribution in [-0.4, -0.2) is 86.3 Å². The molecule has 14 nitrogen and oxygen atoms in total. The summed E-state index contributed by atoms with van der Waals surface area (Å²) >= 11 is 0. The lowest BCUT2D eigenvalue weighted by Gasteiger charge is -2.29. The van der Waals surface area contributed by atoms with Crippen molar-refractivity contribution in [1.82, 2.24) is 45.7 Å². The molecule has 0 bridgehead atoms. The van der Waals surface area contributed by atoms with Gasteiger partial charge in [0.05, 0.1) is 49.0 Å². The number of aromatic nitrogens is 4. The predicted molar refractivity (Wildman–Crippen MR) is 244 cm³/mol. The van der Waals surface area contributed by atoms with E-state index in [-0.39, 0.29) is 35.8 Å². The summed E-state index contributed by atoms with van der Waals surface area (Å²) in [6, 6.07) is 32.1. The van der Waals surface area contributed by atoms with E-state index in [1.807, 2.05) is 114 Å². The van der Waals surface area contributed by atoms with E-state index in [4.69, 9.17) is 9.72 Å². The van der Waals surface area contributed by atoms with E-state index < -0.39 is 18.2 Å². The normalized spacial score (nSPS) is 18.9. The number of hydrogen-bond acceptors (Lipinski definition) is 8. The Hall–Kier alpha value is -7.50. The van der Waals surface area contributed by atoms with Crippen LogP contribution >= 0.6 is 0 Å². The van der Waals surface area contributed by atoms with Crippen LogP contribution in [-0.2, 0) is 19.1 Å². The van der Waals surface area contributed by atoms with Gasteiger partial charge in [0.1, 0.15) is 23.7 Å². The number of nitrogens with zero attached hydrogens (tertiary/aromatic N) is 4. The molecule has 2 aromatic heterocycles. The van der Waals surface area contributed by atoms with E-state index >= 15 is 0 Å². The number of methoxy groups -OCH3 is 1. The number of amides is 4. The molecule has 0 aliphatic carbocycles. The van der Waals surface area contributed by atoms with Crippen LogP contribution in [0.25, 0.3) is 22.5 Å². The van der Waals surface area contributed by atoms with Crippen LogP contribution in [0.2, 0.25) is 0 Å². The van der Waals surface area contributed by atoms with Crippen molar-refractivity contribution >= 4 is 23.8 Å². The zero-order chi connectivity index (χ0) is 44.7. The molecule has 0 radical (unpaired) electrons. The molecule has 65 heavy (non-hydrogen) atoms. The Balaban J connectivity index is 0.830. The second-order valence-corrected chi connectivity index (χ2v) is 16.6. The molecule has 0 spiro atoms. The number of carbonyl (C=O) groups excluding carboxylic acids is 4. The molecule has 3 fully saturated rings. The predicted octanol–water partition coefficient (Wildman–Crippen LogP) is 6.90. The van der Waals surface area contributed by atoms with Crippen LogP contribution in [0.5, 0.6) is 0 Å². The first-order chi connectivity index (χ1) is 31.8. The van der Waals surface area contributed by atoms with Gasteiger partial charge in [0.15, 0.2) is 0 Å². The van der Waals surface area contributed by atoms with Crippen LogP contribution < -0.4 is 16.0 Å². The number of carbonyl (C=O) groups is 4. The Kier molecular flexibility index (Phi) is 12.8. The van der Waals surface area contributed by atoms with Crippen LogP contribution in [0, 0.1) is 11.8 Å². The van der Waals surface area contributed by atoms with Crippen molar-refractivity contribution < 1.29 is 23.9 Å². The highest BCUT2D eigenvalue weighted by atomic mass is 16.5. The SMILES string of the molecule is COC(=O)N[C@@H](C(=O)N1CCC[C@H]1c1ncc(-c2ccc(C#Cc3ccc(-c4cnc([C@@H]5CCCN5C(=O)[C@H](NC(=O)[C@H]5CCCN5)c5ccccc5)[nH]4)cc3)cc2)[nH]1)c1ccccc1. The van der Waals surface area contributed by atoms with Gasteiger partial charge >= 0.3 is 6.09 Å². The lowest BCUT2D eigenvalue weighted by Crippen LogP contribution is -2.47. The maximum Gasteiger partial charge on any atom is 0.407 e. The number of alkyl carbamates (subject to hydrolysis) is 1.